The zero-order chi connectivity index (χ0) is 23.7. The monoisotopic (exact) mass is 445 g/mol. The zero-order valence-electron chi connectivity index (χ0n) is 19.0. The largest absolute Gasteiger partial charge is 0.481 e. The number of aromatic nitrogens is 3. The molecule has 0 aliphatic carbocycles. The molecule has 33 heavy (non-hydrogen) atoms. The fourth-order valence-corrected chi connectivity index (χ4v) is 4.20. The summed E-state index contributed by atoms with van der Waals surface area (Å²) in [7, 11) is 1.95. The number of aryl methyl sites for hydroxylation is 1. The molecule has 0 unspecified atom stereocenters. The highest BCUT2D eigenvalue weighted by atomic mass is 16.4. The first-order valence-electron chi connectivity index (χ1n) is 11.0. The Hall–Kier alpha value is -3.87. The van der Waals surface area contributed by atoms with Crippen LogP contribution in [0.5, 0.6) is 0 Å². The molecular weight excluding hydrogens is 418 g/mol. The van der Waals surface area contributed by atoms with Crippen LogP contribution in [0.3, 0.4) is 0 Å². The van der Waals surface area contributed by atoms with E-state index >= 15 is 0 Å². The van der Waals surface area contributed by atoms with Crippen LogP contribution in [-0.2, 0) is 24.9 Å². The lowest BCUT2D eigenvalue weighted by atomic mass is 10.1. The van der Waals surface area contributed by atoms with Gasteiger partial charge in [-0.1, -0.05) is 56.3 Å². The van der Waals surface area contributed by atoms with Crippen molar-refractivity contribution in [3.8, 4) is 0 Å². The Kier molecular flexibility index (Phi) is 6.05. The number of aliphatic carboxylic acids is 1. The second-order valence-electron chi connectivity index (χ2n) is 8.60. The molecule has 2 aromatic carbocycles. The van der Waals surface area contributed by atoms with Gasteiger partial charge in [0.2, 0.25) is 0 Å². The third-order valence-corrected chi connectivity index (χ3v) is 5.80. The van der Waals surface area contributed by atoms with E-state index in [1.165, 1.54) is 0 Å². The summed E-state index contributed by atoms with van der Waals surface area (Å²) in [5, 5.41) is 10.6. The summed E-state index contributed by atoms with van der Waals surface area (Å²) in [6, 6.07) is 13.4. The van der Waals surface area contributed by atoms with Crippen LogP contribution in [0.4, 0.5) is 0 Å². The van der Waals surface area contributed by atoms with E-state index in [0.29, 0.717) is 16.5 Å². The van der Waals surface area contributed by atoms with Gasteiger partial charge in [-0.15, -0.1) is 0 Å². The number of carbonyl (C=O) groups is 1. The van der Waals surface area contributed by atoms with Crippen molar-refractivity contribution in [1.29, 1.82) is 0 Å². The van der Waals surface area contributed by atoms with E-state index in [-0.39, 0.29) is 25.4 Å². The molecular formula is C26H27N3O4. The minimum atomic E-state index is -1.06. The van der Waals surface area contributed by atoms with Crippen molar-refractivity contribution in [1.82, 2.24) is 13.7 Å². The molecule has 170 valence electrons. The molecule has 0 amide bonds. The Bertz CT molecular complexity index is 1500. The maximum absolute atomic E-state index is 13.4. The van der Waals surface area contributed by atoms with Crippen molar-refractivity contribution in [3.05, 3.63) is 86.7 Å². The van der Waals surface area contributed by atoms with E-state index in [1.54, 1.807) is 10.6 Å². The SMILES string of the molecule is CC(C)C=Cc1cccc2c1c(=O)n(CCC(=O)O)c(=O)n2Cc1cn(C)c2ccccc12. The molecule has 4 aromatic rings. The van der Waals surface area contributed by atoms with Crippen molar-refractivity contribution in [2.24, 2.45) is 13.0 Å². The van der Waals surface area contributed by atoms with Crippen LogP contribution in [-0.4, -0.2) is 24.8 Å². The summed E-state index contributed by atoms with van der Waals surface area (Å²) in [6.45, 7) is 4.18. The smallest absolute Gasteiger partial charge is 0.331 e. The molecule has 0 aliphatic rings. The second kappa shape index (κ2) is 8.94. The standard InChI is InChI=1S/C26H27N3O4/c1-17(2)11-12-18-7-6-10-22-24(18)25(32)28(14-13-23(30)31)26(33)29(22)16-19-15-27(3)21-9-5-4-8-20(19)21/h4-12,15,17H,13-14,16H2,1-3H3,(H,30,31). The average Bonchev–Trinajstić information content (AvgIpc) is 3.10. The Morgan fingerprint density at radius 1 is 1.03 bits per heavy atom. The fourth-order valence-electron chi connectivity index (χ4n) is 4.20. The summed E-state index contributed by atoms with van der Waals surface area (Å²) >= 11 is 0. The number of para-hydroxylation sites is 1. The van der Waals surface area contributed by atoms with Crippen molar-refractivity contribution in [3.63, 3.8) is 0 Å². The highest BCUT2D eigenvalue weighted by Gasteiger charge is 2.17. The minimum Gasteiger partial charge on any atom is -0.481 e. The molecule has 0 saturated carbocycles. The van der Waals surface area contributed by atoms with E-state index < -0.39 is 17.2 Å². The van der Waals surface area contributed by atoms with E-state index in [9.17, 15) is 14.4 Å². The van der Waals surface area contributed by atoms with E-state index in [0.717, 1.165) is 21.0 Å². The molecule has 0 radical (unpaired) electrons. The van der Waals surface area contributed by atoms with Crippen LogP contribution in [0, 0.1) is 5.92 Å². The fraction of sp³-hybridized carbons (Fsp3) is 0.269. The Morgan fingerprint density at radius 3 is 2.48 bits per heavy atom. The van der Waals surface area contributed by atoms with E-state index in [1.807, 2.05) is 80.2 Å². The molecule has 7 heteroatoms. The predicted molar refractivity (Wildman–Crippen MR) is 131 cm³/mol. The Labute approximate surface area is 190 Å². The molecule has 2 heterocycles. The summed E-state index contributed by atoms with van der Waals surface area (Å²) < 4.78 is 4.64. The molecule has 0 saturated heterocycles. The molecule has 2 aromatic heterocycles. The summed E-state index contributed by atoms with van der Waals surface area (Å²) in [6.07, 6.45) is 5.57. The number of benzene rings is 2. The summed E-state index contributed by atoms with van der Waals surface area (Å²) in [5.41, 5.74) is 2.27. The molecule has 4 rings (SSSR count). The van der Waals surface area contributed by atoms with Crippen LogP contribution in [0.2, 0.25) is 0 Å². The molecule has 0 atom stereocenters. The minimum absolute atomic E-state index is 0.180. The van der Waals surface area contributed by atoms with Gasteiger partial charge in [0, 0.05) is 30.7 Å². The average molecular weight is 446 g/mol. The first-order valence-corrected chi connectivity index (χ1v) is 11.0. The van der Waals surface area contributed by atoms with Crippen molar-refractivity contribution in [2.75, 3.05) is 0 Å². The topological polar surface area (TPSA) is 86.2 Å². The summed E-state index contributed by atoms with van der Waals surface area (Å²) in [4.78, 5) is 38.0. The molecule has 0 spiro atoms. The first-order chi connectivity index (χ1) is 15.8. The van der Waals surface area contributed by atoms with Gasteiger partial charge in [0.15, 0.2) is 0 Å². The maximum Gasteiger partial charge on any atom is 0.331 e. The molecule has 7 nitrogen and oxygen atoms in total. The number of hydrogen-bond donors (Lipinski definition) is 1. The third-order valence-electron chi connectivity index (χ3n) is 5.80. The van der Waals surface area contributed by atoms with Crippen LogP contribution in [0.25, 0.3) is 27.9 Å². The normalized spacial score (nSPS) is 11.9. The molecule has 0 bridgehead atoms. The van der Waals surface area contributed by atoms with Crippen LogP contribution < -0.4 is 11.2 Å². The molecule has 1 N–H and O–H groups in total. The highest BCUT2D eigenvalue weighted by Crippen LogP contribution is 2.23. The summed E-state index contributed by atoms with van der Waals surface area (Å²) in [5.74, 6) is -0.772. The first kappa shape index (κ1) is 22.3. The van der Waals surface area contributed by atoms with E-state index in [4.69, 9.17) is 5.11 Å². The van der Waals surface area contributed by atoms with Crippen molar-refractivity contribution in [2.45, 2.75) is 33.4 Å². The number of carboxylic acid groups (broad SMARTS) is 1. The molecule has 0 fully saturated rings. The van der Waals surface area contributed by atoms with Gasteiger partial charge < -0.3 is 9.67 Å². The quantitative estimate of drug-likeness (QED) is 0.468. The number of carboxylic acids is 1. The van der Waals surface area contributed by atoms with Crippen LogP contribution in [0.1, 0.15) is 31.4 Å². The van der Waals surface area contributed by atoms with Crippen LogP contribution in [0.15, 0.2) is 64.3 Å². The van der Waals surface area contributed by atoms with Gasteiger partial charge in [-0.3, -0.25) is 18.7 Å². The van der Waals surface area contributed by atoms with Gasteiger partial charge in [-0.25, -0.2) is 4.79 Å². The van der Waals surface area contributed by atoms with Gasteiger partial charge in [0.05, 0.1) is 23.9 Å². The van der Waals surface area contributed by atoms with Gasteiger partial charge in [0.1, 0.15) is 0 Å². The predicted octanol–water partition coefficient (Wildman–Crippen LogP) is 3.85. The van der Waals surface area contributed by atoms with Gasteiger partial charge in [-0.2, -0.15) is 0 Å². The second-order valence-corrected chi connectivity index (χ2v) is 8.60. The van der Waals surface area contributed by atoms with Gasteiger partial charge in [0.25, 0.3) is 5.56 Å². The van der Waals surface area contributed by atoms with Gasteiger partial charge in [-0.05, 0) is 29.2 Å². The highest BCUT2D eigenvalue weighted by molar-refractivity contribution is 5.88. The lowest BCUT2D eigenvalue weighted by Gasteiger charge is -2.15. The number of hydrogen-bond acceptors (Lipinski definition) is 3. The van der Waals surface area contributed by atoms with Crippen molar-refractivity contribution >= 4 is 33.9 Å². The Balaban J connectivity index is 1.99. The lowest BCUT2D eigenvalue weighted by molar-refractivity contribution is -0.137. The number of rotatable bonds is 7. The zero-order valence-corrected chi connectivity index (χ0v) is 19.0. The van der Waals surface area contributed by atoms with E-state index in [2.05, 4.69) is 0 Å². The number of fused-ring (bicyclic) bond motifs is 2. The Morgan fingerprint density at radius 2 is 1.76 bits per heavy atom. The number of allylic oxidation sites excluding steroid dienone is 1. The van der Waals surface area contributed by atoms with Crippen molar-refractivity contribution < 1.29 is 9.90 Å². The maximum atomic E-state index is 13.4. The van der Waals surface area contributed by atoms with Gasteiger partial charge >= 0.3 is 11.7 Å². The molecule has 0 aliphatic heterocycles. The van der Waals surface area contributed by atoms with Crippen LogP contribution >= 0.6 is 0 Å². The third kappa shape index (κ3) is 4.26. The lowest BCUT2D eigenvalue weighted by Crippen LogP contribution is -2.41. The number of nitrogens with zero attached hydrogens (tertiary/aromatic N) is 3.